The van der Waals surface area contributed by atoms with Crippen LogP contribution in [-0.4, -0.2) is 46.0 Å². The van der Waals surface area contributed by atoms with Gasteiger partial charge < -0.3 is 14.6 Å². The summed E-state index contributed by atoms with van der Waals surface area (Å²) in [6.07, 6.45) is 3.90. The summed E-state index contributed by atoms with van der Waals surface area (Å²) in [5.41, 5.74) is 11.3. The molecule has 1 atom stereocenters. The Hall–Kier alpha value is -4.09. The number of piperidine rings is 1. The van der Waals surface area contributed by atoms with Crippen LogP contribution in [-0.2, 0) is 13.1 Å². The standard InChI is InChI=1S/C35H40N4O.C3H6/c1-5-24(2)35(31-15-16-38(21-25(31)3)22-27-9-7-6-8-10-27)39-17-18-40-34-14-12-28(19-30(34)23-39)29-11-13-32-33(20-29)37-26(4)36-32;1-3-2/h6-14,19-20,24H,3,5,15-18,21-23H2,1-2,4H3,(H,36,37);3H,1H2,2H3/b35-31+;. The molecule has 224 valence electrons. The minimum Gasteiger partial charge on any atom is -0.491 e. The van der Waals surface area contributed by atoms with Crippen molar-refractivity contribution < 1.29 is 4.74 Å². The first-order chi connectivity index (χ1) is 20.9. The van der Waals surface area contributed by atoms with Crippen molar-refractivity contribution in [2.45, 2.75) is 53.6 Å². The monoisotopic (exact) mass is 574 g/mol. The maximum atomic E-state index is 6.29. The van der Waals surface area contributed by atoms with Crippen LogP contribution < -0.4 is 4.74 Å². The van der Waals surface area contributed by atoms with Crippen LogP contribution in [0.3, 0.4) is 0 Å². The van der Waals surface area contributed by atoms with Gasteiger partial charge in [0, 0.05) is 37.4 Å². The molecule has 1 fully saturated rings. The number of nitrogens with zero attached hydrogens (tertiary/aromatic N) is 3. The van der Waals surface area contributed by atoms with Crippen molar-refractivity contribution >= 4 is 11.0 Å². The first kappa shape index (κ1) is 30.4. The van der Waals surface area contributed by atoms with E-state index in [0.29, 0.717) is 12.5 Å². The zero-order valence-corrected chi connectivity index (χ0v) is 26.3. The maximum absolute atomic E-state index is 6.29. The van der Waals surface area contributed by atoms with E-state index in [1.807, 2.05) is 13.8 Å². The smallest absolute Gasteiger partial charge is 0.124 e. The van der Waals surface area contributed by atoms with Crippen LogP contribution in [0.4, 0.5) is 0 Å². The third-order valence-electron chi connectivity index (χ3n) is 8.47. The lowest BCUT2D eigenvalue weighted by Gasteiger charge is -2.37. The van der Waals surface area contributed by atoms with Crippen LogP contribution >= 0.6 is 0 Å². The van der Waals surface area contributed by atoms with Crippen molar-refractivity contribution in [3.63, 3.8) is 0 Å². The van der Waals surface area contributed by atoms with Crippen LogP contribution in [0.2, 0.25) is 0 Å². The summed E-state index contributed by atoms with van der Waals surface area (Å²) in [5.74, 6) is 2.40. The normalized spacial score (nSPS) is 17.3. The molecule has 0 radical (unpaired) electrons. The van der Waals surface area contributed by atoms with Crippen molar-refractivity contribution in [2.24, 2.45) is 5.92 Å². The number of aromatic amines is 1. The molecule has 1 N–H and O–H groups in total. The molecule has 2 aliphatic heterocycles. The SMILES string of the molecule is C=C1CN(Cc2ccccc2)CC/C1=C(/C(C)CC)N1CCOc2ccc(-c3ccc4nc(C)[nH]c4c3)cc2C1.C=CC. The average Bonchev–Trinajstić information content (AvgIpc) is 3.25. The van der Waals surface area contributed by atoms with Crippen LogP contribution in [0.5, 0.6) is 5.75 Å². The van der Waals surface area contributed by atoms with Crippen molar-refractivity contribution in [1.82, 2.24) is 19.8 Å². The van der Waals surface area contributed by atoms with Gasteiger partial charge in [-0.2, -0.15) is 0 Å². The summed E-state index contributed by atoms with van der Waals surface area (Å²) in [6, 6.07) is 23.9. The predicted octanol–water partition coefficient (Wildman–Crippen LogP) is 8.69. The number of benzene rings is 3. The van der Waals surface area contributed by atoms with Gasteiger partial charge in [-0.05, 0) is 84.7 Å². The minimum absolute atomic E-state index is 0.461. The van der Waals surface area contributed by atoms with Crippen molar-refractivity contribution in [1.29, 1.82) is 0 Å². The topological polar surface area (TPSA) is 44.4 Å². The number of nitrogens with one attached hydrogen (secondary N) is 1. The van der Waals surface area contributed by atoms with E-state index in [-0.39, 0.29) is 0 Å². The molecule has 0 bridgehead atoms. The third kappa shape index (κ3) is 7.11. The van der Waals surface area contributed by atoms with E-state index in [1.54, 1.807) is 6.08 Å². The number of H-pyrrole nitrogens is 1. The van der Waals surface area contributed by atoms with E-state index in [0.717, 1.165) is 68.2 Å². The van der Waals surface area contributed by atoms with Gasteiger partial charge in [-0.1, -0.05) is 69.0 Å². The van der Waals surface area contributed by atoms with Gasteiger partial charge >= 0.3 is 0 Å². The second-order valence-electron chi connectivity index (χ2n) is 11.8. The molecule has 1 aromatic heterocycles. The number of likely N-dealkylation sites (tertiary alicyclic amines) is 1. The summed E-state index contributed by atoms with van der Waals surface area (Å²) in [6.45, 7) is 21.9. The van der Waals surface area contributed by atoms with E-state index in [4.69, 9.17) is 4.74 Å². The van der Waals surface area contributed by atoms with Gasteiger partial charge in [-0.25, -0.2) is 4.98 Å². The van der Waals surface area contributed by atoms with Gasteiger partial charge in [0.05, 0.1) is 17.6 Å². The number of aromatic nitrogens is 2. The lowest BCUT2D eigenvalue weighted by Crippen LogP contribution is -2.35. The molecule has 0 spiro atoms. The Morgan fingerprint density at radius 2 is 1.79 bits per heavy atom. The molecule has 0 amide bonds. The van der Waals surface area contributed by atoms with Crippen molar-refractivity contribution in [3.05, 3.63) is 120 Å². The lowest BCUT2D eigenvalue weighted by atomic mass is 9.89. The van der Waals surface area contributed by atoms with E-state index < -0.39 is 0 Å². The molecule has 3 heterocycles. The molecule has 0 saturated carbocycles. The van der Waals surface area contributed by atoms with Crippen molar-refractivity contribution in [3.8, 4) is 16.9 Å². The molecular weight excluding hydrogens is 528 g/mol. The highest BCUT2D eigenvalue weighted by Gasteiger charge is 2.27. The molecule has 6 rings (SSSR count). The highest BCUT2D eigenvalue weighted by atomic mass is 16.5. The third-order valence-corrected chi connectivity index (χ3v) is 8.47. The molecule has 5 heteroatoms. The largest absolute Gasteiger partial charge is 0.491 e. The van der Waals surface area contributed by atoms with E-state index in [2.05, 4.69) is 114 Å². The predicted molar refractivity (Wildman–Crippen MR) is 180 cm³/mol. The van der Waals surface area contributed by atoms with Gasteiger partial charge in [-0.15, -0.1) is 6.58 Å². The van der Waals surface area contributed by atoms with Crippen LogP contribution in [0, 0.1) is 12.8 Å². The fourth-order valence-corrected chi connectivity index (χ4v) is 6.27. The number of rotatable bonds is 6. The summed E-state index contributed by atoms with van der Waals surface area (Å²) in [5, 5.41) is 0. The number of imidazole rings is 1. The number of hydrogen-bond acceptors (Lipinski definition) is 4. The fraction of sp³-hybridized carbons (Fsp3) is 0.342. The highest BCUT2D eigenvalue weighted by molar-refractivity contribution is 5.82. The number of aryl methyl sites for hydroxylation is 1. The van der Waals surface area contributed by atoms with Gasteiger partial charge in [0.25, 0.3) is 0 Å². The number of fused-ring (bicyclic) bond motifs is 2. The first-order valence-electron chi connectivity index (χ1n) is 15.6. The van der Waals surface area contributed by atoms with Crippen molar-refractivity contribution in [2.75, 3.05) is 26.2 Å². The second kappa shape index (κ2) is 13.9. The maximum Gasteiger partial charge on any atom is 0.124 e. The van der Waals surface area contributed by atoms with Gasteiger partial charge in [0.2, 0.25) is 0 Å². The Morgan fingerprint density at radius 3 is 2.53 bits per heavy atom. The second-order valence-corrected chi connectivity index (χ2v) is 11.8. The quantitative estimate of drug-likeness (QED) is 0.234. The molecule has 0 aliphatic carbocycles. The fourth-order valence-electron chi connectivity index (χ4n) is 6.27. The Labute approximate surface area is 257 Å². The molecule has 2 aliphatic rings. The Morgan fingerprint density at radius 1 is 1.05 bits per heavy atom. The van der Waals surface area contributed by atoms with Gasteiger partial charge in [0.15, 0.2) is 0 Å². The summed E-state index contributed by atoms with van der Waals surface area (Å²) in [4.78, 5) is 13.1. The summed E-state index contributed by atoms with van der Waals surface area (Å²) < 4.78 is 6.29. The summed E-state index contributed by atoms with van der Waals surface area (Å²) >= 11 is 0. The van der Waals surface area contributed by atoms with E-state index >= 15 is 0 Å². The van der Waals surface area contributed by atoms with Crippen LogP contribution in [0.15, 0.2) is 103 Å². The number of hydrogen-bond donors (Lipinski definition) is 1. The average molecular weight is 575 g/mol. The van der Waals surface area contributed by atoms with Crippen LogP contribution in [0.1, 0.15) is 50.6 Å². The molecule has 5 nitrogen and oxygen atoms in total. The summed E-state index contributed by atoms with van der Waals surface area (Å²) in [7, 11) is 0. The number of allylic oxidation sites excluding steroid dienone is 2. The Kier molecular flexibility index (Phi) is 9.83. The Bertz CT molecular complexity index is 1600. The molecule has 3 aromatic carbocycles. The van der Waals surface area contributed by atoms with E-state index in [1.165, 1.54) is 39.1 Å². The molecule has 43 heavy (non-hydrogen) atoms. The zero-order valence-electron chi connectivity index (χ0n) is 26.3. The Balaban J connectivity index is 0.00000118. The molecule has 4 aromatic rings. The van der Waals surface area contributed by atoms with Crippen LogP contribution in [0.25, 0.3) is 22.2 Å². The number of ether oxygens (including phenoxy) is 1. The van der Waals surface area contributed by atoms with Gasteiger partial charge in [0.1, 0.15) is 18.2 Å². The van der Waals surface area contributed by atoms with E-state index in [9.17, 15) is 0 Å². The highest BCUT2D eigenvalue weighted by Crippen LogP contribution is 2.36. The molecular formula is C38H46N4O. The first-order valence-corrected chi connectivity index (χ1v) is 15.6. The zero-order chi connectivity index (χ0) is 30.3. The molecule has 1 unspecified atom stereocenters. The lowest BCUT2D eigenvalue weighted by molar-refractivity contribution is 0.237. The van der Waals surface area contributed by atoms with Gasteiger partial charge in [-0.3, -0.25) is 4.90 Å². The minimum atomic E-state index is 0.461. The molecule has 1 saturated heterocycles.